The summed E-state index contributed by atoms with van der Waals surface area (Å²) in [5, 5.41) is 4.86. The molecule has 2 aromatic carbocycles. The molecule has 0 aliphatic rings. The van der Waals surface area contributed by atoms with Crippen molar-refractivity contribution in [2.45, 2.75) is 37.6 Å². The largest absolute Gasteiger partial charge is 0.351 e. The highest BCUT2D eigenvalue weighted by Crippen LogP contribution is 2.28. The smallest absolute Gasteiger partial charge is 0.233 e. The van der Waals surface area contributed by atoms with Gasteiger partial charge >= 0.3 is 0 Å². The fourth-order valence-electron chi connectivity index (χ4n) is 2.65. The summed E-state index contributed by atoms with van der Waals surface area (Å²) >= 11 is 1.51. The molecule has 1 N–H and O–H groups in total. The van der Waals surface area contributed by atoms with Gasteiger partial charge < -0.3 is 5.32 Å². The van der Waals surface area contributed by atoms with Gasteiger partial charge in [0.1, 0.15) is 5.03 Å². The number of benzene rings is 2. The van der Waals surface area contributed by atoms with Crippen LogP contribution in [-0.2, 0) is 11.3 Å². The number of pyridine rings is 1. The van der Waals surface area contributed by atoms with E-state index in [1.807, 2.05) is 50.2 Å². The first kappa shape index (κ1) is 17.5. The number of aryl methyl sites for hydroxylation is 2. The van der Waals surface area contributed by atoms with Gasteiger partial charge in [0.05, 0.1) is 10.8 Å². The molecular formula is C21H22N2OS. The van der Waals surface area contributed by atoms with Crippen molar-refractivity contribution in [1.82, 2.24) is 10.3 Å². The molecule has 0 aliphatic heterocycles. The van der Waals surface area contributed by atoms with Crippen molar-refractivity contribution in [3.63, 3.8) is 0 Å². The predicted octanol–water partition coefficient (Wildman–Crippen LogP) is 4.65. The van der Waals surface area contributed by atoms with Crippen molar-refractivity contribution >= 4 is 28.6 Å². The number of amides is 1. The lowest BCUT2D eigenvalue weighted by atomic mass is 10.1. The van der Waals surface area contributed by atoms with Gasteiger partial charge in [0, 0.05) is 11.9 Å². The zero-order valence-electron chi connectivity index (χ0n) is 14.7. The Hall–Kier alpha value is -2.33. The van der Waals surface area contributed by atoms with E-state index in [9.17, 15) is 4.79 Å². The topological polar surface area (TPSA) is 42.0 Å². The molecule has 3 rings (SSSR count). The summed E-state index contributed by atoms with van der Waals surface area (Å²) < 4.78 is 0. The lowest BCUT2D eigenvalue weighted by Crippen LogP contribution is -2.30. The first-order valence-electron chi connectivity index (χ1n) is 8.39. The first-order chi connectivity index (χ1) is 12.0. The van der Waals surface area contributed by atoms with Crippen LogP contribution in [0.1, 0.15) is 23.6 Å². The lowest BCUT2D eigenvalue weighted by Gasteiger charge is -2.14. The monoisotopic (exact) mass is 350 g/mol. The third kappa shape index (κ3) is 4.40. The summed E-state index contributed by atoms with van der Waals surface area (Å²) in [7, 11) is 0. The van der Waals surface area contributed by atoms with E-state index in [1.54, 1.807) is 0 Å². The predicted molar refractivity (Wildman–Crippen MR) is 105 cm³/mol. The van der Waals surface area contributed by atoms with Crippen molar-refractivity contribution in [3.05, 3.63) is 71.3 Å². The van der Waals surface area contributed by atoms with Gasteiger partial charge in [-0.2, -0.15) is 0 Å². The van der Waals surface area contributed by atoms with E-state index in [0.29, 0.717) is 6.54 Å². The van der Waals surface area contributed by atoms with Crippen LogP contribution in [-0.4, -0.2) is 16.1 Å². The van der Waals surface area contributed by atoms with Crippen LogP contribution < -0.4 is 5.32 Å². The average Bonchev–Trinajstić information content (AvgIpc) is 2.61. The molecule has 1 heterocycles. The van der Waals surface area contributed by atoms with Crippen LogP contribution >= 0.6 is 11.8 Å². The zero-order valence-corrected chi connectivity index (χ0v) is 15.6. The quantitative estimate of drug-likeness (QED) is 0.681. The minimum atomic E-state index is -0.196. The molecule has 0 spiro atoms. The molecule has 1 atom stereocenters. The highest BCUT2D eigenvalue weighted by molar-refractivity contribution is 8.00. The molecule has 0 aliphatic carbocycles. The Bertz CT molecular complexity index is 893. The molecule has 1 aromatic heterocycles. The van der Waals surface area contributed by atoms with E-state index in [2.05, 4.69) is 30.4 Å². The second kappa shape index (κ2) is 7.70. The zero-order chi connectivity index (χ0) is 17.8. The summed E-state index contributed by atoms with van der Waals surface area (Å²) in [5.41, 5.74) is 4.40. The van der Waals surface area contributed by atoms with Gasteiger partial charge in [-0.1, -0.05) is 53.7 Å². The Labute approximate surface area is 152 Å². The van der Waals surface area contributed by atoms with Crippen LogP contribution in [0, 0.1) is 13.8 Å². The molecule has 0 unspecified atom stereocenters. The normalized spacial score (nSPS) is 12.1. The number of hydrogen-bond donors (Lipinski definition) is 1. The highest BCUT2D eigenvalue weighted by Gasteiger charge is 2.16. The molecule has 25 heavy (non-hydrogen) atoms. The number of aromatic nitrogens is 1. The minimum absolute atomic E-state index is 0.0269. The first-order valence-corrected chi connectivity index (χ1v) is 9.27. The number of carbonyl (C=O) groups is 1. The molecule has 0 saturated carbocycles. The van der Waals surface area contributed by atoms with Gasteiger partial charge in [0.25, 0.3) is 0 Å². The molecule has 128 valence electrons. The van der Waals surface area contributed by atoms with Gasteiger partial charge in [-0.3, -0.25) is 4.79 Å². The summed E-state index contributed by atoms with van der Waals surface area (Å²) in [5.74, 6) is 0.0269. The Morgan fingerprint density at radius 1 is 1.12 bits per heavy atom. The fourth-order valence-corrected chi connectivity index (χ4v) is 3.57. The molecule has 3 aromatic rings. The van der Waals surface area contributed by atoms with E-state index >= 15 is 0 Å². The Balaban J connectivity index is 1.68. The van der Waals surface area contributed by atoms with Crippen LogP contribution in [0.5, 0.6) is 0 Å². The van der Waals surface area contributed by atoms with E-state index in [0.717, 1.165) is 27.1 Å². The second-order valence-electron chi connectivity index (χ2n) is 6.27. The molecule has 3 nitrogen and oxygen atoms in total. The van der Waals surface area contributed by atoms with E-state index in [1.165, 1.54) is 17.3 Å². The molecular weight excluding hydrogens is 328 g/mol. The average molecular weight is 350 g/mol. The third-order valence-corrected chi connectivity index (χ3v) is 5.29. The number of nitrogens with zero attached hydrogens (tertiary/aromatic N) is 1. The van der Waals surface area contributed by atoms with Crippen molar-refractivity contribution in [1.29, 1.82) is 0 Å². The van der Waals surface area contributed by atoms with Crippen molar-refractivity contribution in [2.24, 2.45) is 0 Å². The molecule has 0 fully saturated rings. The van der Waals surface area contributed by atoms with Crippen LogP contribution in [0.2, 0.25) is 0 Å². The number of carbonyl (C=O) groups excluding carboxylic acids is 1. The number of hydrogen-bond acceptors (Lipinski definition) is 3. The fraction of sp³-hybridized carbons (Fsp3) is 0.238. The number of rotatable bonds is 5. The van der Waals surface area contributed by atoms with E-state index in [-0.39, 0.29) is 11.2 Å². The molecule has 1 amide bonds. The number of thioether (sulfide) groups is 1. The van der Waals surface area contributed by atoms with Gasteiger partial charge in [-0.25, -0.2) is 4.98 Å². The van der Waals surface area contributed by atoms with Crippen LogP contribution in [0.25, 0.3) is 10.9 Å². The Kier molecular flexibility index (Phi) is 5.39. The van der Waals surface area contributed by atoms with Gasteiger partial charge in [-0.15, -0.1) is 0 Å². The van der Waals surface area contributed by atoms with Gasteiger partial charge in [0.2, 0.25) is 5.91 Å². The minimum Gasteiger partial charge on any atom is -0.351 e. The summed E-state index contributed by atoms with van der Waals surface area (Å²) in [6.45, 7) is 6.60. The third-order valence-electron chi connectivity index (χ3n) is 4.08. The summed E-state index contributed by atoms with van der Waals surface area (Å²) in [4.78, 5) is 17.1. The van der Waals surface area contributed by atoms with Gasteiger partial charge in [0.15, 0.2) is 0 Å². The maximum atomic E-state index is 12.4. The molecule has 0 saturated heterocycles. The second-order valence-corrected chi connectivity index (χ2v) is 7.60. The lowest BCUT2D eigenvalue weighted by molar-refractivity contribution is -0.120. The van der Waals surface area contributed by atoms with Gasteiger partial charge in [-0.05, 0) is 50.1 Å². The standard InChI is InChI=1S/C21H22N2OS/c1-14-9-10-19-18(11-14)12-15(2)21(23-19)25-16(3)20(24)22-13-17-7-5-4-6-8-17/h4-12,16H,13H2,1-3H3,(H,22,24)/t16-/m1/s1. The van der Waals surface area contributed by atoms with Crippen molar-refractivity contribution in [3.8, 4) is 0 Å². The molecule has 0 radical (unpaired) electrons. The SMILES string of the molecule is Cc1ccc2nc(S[C@H](C)C(=O)NCc3ccccc3)c(C)cc2c1. The molecule has 0 bridgehead atoms. The highest BCUT2D eigenvalue weighted by atomic mass is 32.2. The maximum absolute atomic E-state index is 12.4. The number of nitrogens with one attached hydrogen (secondary N) is 1. The van der Waals surface area contributed by atoms with Crippen molar-refractivity contribution < 1.29 is 4.79 Å². The summed E-state index contributed by atoms with van der Waals surface area (Å²) in [6, 6.07) is 18.3. The Morgan fingerprint density at radius 3 is 2.64 bits per heavy atom. The van der Waals surface area contributed by atoms with Crippen molar-refractivity contribution in [2.75, 3.05) is 0 Å². The van der Waals surface area contributed by atoms with Crippen LogP contribution in [0.4, 0.5) is 0 Å². The maximum Gasteiger partial charge on any atom is 0.233 e. The summed E-state index contributed by atoms with van der Waals surface area (Å²) in [6.07, 6.45) is 0. The van der Waals surface area contributed by atoms with E-state index in [4.69, 9.17) is 4.98 Å². The van der Waals surface area contributed by atoms with E-state index < -0.39 is 0 Å². The Morgan fingerprint density at radius 2 is 1.88 bits per heavy atom. The van der Waals surface area contributed by atoms with Crippen LogP contribution in [0.15, 0.2) is 59.6 Å². The molecule has 4 heteroatoms. The van der Waals surface area contributed by atoms with Crippen LogP contribution in [0.3, 0.4) is 0 Å². The number of fused-ring (bicyclic) bond motifs is 1.